The van der Waals surface area contributed by atoms with Crippen molar-refractivity contribution in [3.63, 3.8) is 0 Å². The number of carbonyl (C=O) groups is 2. The summed E-state index contributed by atoms with van der Waals surface area (Å²) in [6.45, 7) is 5.41. The summed E-state index contributed by atoms with van der Waals surface area (Å²) in [4.78, 5) is 25.1. The topological polar surface area (TPSA) is 55.8 Å². The van der Waals surface area contributed by atoms with Crippen molar-refractivity contribution in [1.29, 1.82) is 0 Å². The number of esters is 2. The van der Waals surface area contributed by atoms with Gasteiger partial charge in [-0.3, -0.25) is 14.5 Å². The van der Waals surface area contributed by atoms with Gasteiger partial charge in [0, 0.05) is 6.54 Å². The first-order valence-corrected chi connectivity index (χ1v) is 6.08. The first-order chi connectivity index (χ1) is 8.10. The molecule has 5 heteroatoms. The van der Waals surface area contributed by atoms with Gasteiger partial charge in [-0.25, -0.2) is 0 Å². The average Bonchev–Trinajstić information content (AvgIpc) is 2.37. The summed E-state index contributed by atoms with van der Waals surface area (Å²) >= 11 is 0. The number of piperidine rings is 1. The molecule has 2 unspecified atom stereocenters. The van der Waals surface area contributed by atoms with Crippen molar-refractivity contribution in [1.82, 2.24) is 4.90 Å². The maximum Gasteiger partial charge on any atom is 0.322 e. The number of hydrogen-bond donors (Lipinski definition) is 0. The van der Waals surface area contributed by atoms with Crippen LogP contribution in [0.2, 0.25) is 0 Å². The lowest BCUT2D eigenvalue weighted by Gasteiger charge is -2.34. The molecule has 1 saturated heterocycles. The van der Waals surface area contributed by atoms with Crippen LogP contribution in [0.5, 0.6) is 0 Å². The van der Waals surface area contributed by atoms with E-state index in [-0.39, 0.29) is 23.9 Å². The zero-order valence-electron chi connectivity index (χ0n) is 10.8. The van der Waals surface area contributed by atoms with Crippen LogP contribution < -0.4 is 0 Å². The number of rotatable bonds is 4. The van der Waals surface area contributed by atoms with E-state index in [1.165, 1.54) is 7.11 Å². The minimum atomic E-state index is -0.294. The van der Waals surface area contributed by atoms with E-state index in [9.17, 15) is 9.59 Å². The van der Waals surface area contributed by atoms with Gasteiger partial charge in [0.1, 0.15) is 6.04 Å². The maximum atomic E-state index is 11.6. The van der Waals surface area contributed by atoms with Gasteiger partial charge in [-0.05, 0) is 33.2 Å². The molecule has 0 amide bonds. The van der Waals surface area contributed by atoms with Gasteiger partial charge < -0.3 is 9.47 Å². The summed E-state index contributed by atoms with van der Waals surface area (Å²) in [5, 5.41) is 0. The number of methoxy groups -OCH3 is 1. The summed E-state index contributed by atoms with van der Waals surface area (Å²) in [7, 11) is 1.38. The molecule has 1 rings (SSSR count). The monoisotopic (exact) mass is 243 g/mol. The van der Waals surface area contributed by atoms with Crippen LogP contribution in [0.3, 0.4) is 0 Å². The molecule has 17 heavy (non-hydrogen) atoms. The molecule has 1 heterocycles. The fourth-order valence-electron chi connectivity index (χ4n) is 2.13. The minimum Gasteiger partial charge on any atom is -0.468 e. The van der Waals surface area contributed by atoms with Crippen LogP contribution in [0.1, 0.15) is 26.7 Å². The molecule has 0 spiro atoms. The zero-order valence-corrected chi connectivity index (χ0v) is 10.8. The second kappa shape index (κ2) is 6.59. The Hall–Kier alpha value is -1.10. The Kier molecular flexibility index (Phi) is 5.41. The minimum absolute atomic E-state index is 0.115. The molecule has 0 bridgehead atoms. The van der Waals surface area contributed by atoms with Crippen LogP contribution in [-0.4, -0.2) is 49.7 Å². The van der Waals surface area contributed by atoms with E-state index < -0.39 is 0 Å². The van der Waals surface area contributed by atoms with Gasteiger partial charge in [-0.15, -0.1) is 0 Å². The molecule has 1 fully saturated rings. The Balaban J connectivity index is 2.54. The Morgan fingerprint density at radius 2 is 2.18 bits per heavy atom. The van der Waals surface area contributed by atoms with E-state index in [0.29, 0.717) is 13.2 Å². The predicted molar refractivity (Wildman–Crippen MR) is 62.4 cm³/mol. The van der Waals surface area contributed by atoms with E-state index in [4.69, 9.17) is 9.47 Å². The highest BCUT2D eigenvalue weighted by molar-refractivity contribution is 5.76. The lowest BCUT2D eigenvalue weighted by atomic mass is 9.97. The SMILES string of the molecule is CCOC(=O)C1CCCN(C(C)C(=O)OC)C1. The lowest BCUT2D eigenvalue weighted by Crippen LogP contribution is -2.47. The van der Waals surface area contributed by atoms with E-state index >= 15 is 0 Å². The largest absolute Gasteiger partial charge is 0.468 e. The highest BCUT2D eigenvalue weighted by Crippen LogP contribution is 2.20. The van der Waals surface area contributed by atoms with Gasteiger partial charge >= 0.3 is 11.9 Å². The molecule has 98 valence electrons. The lowest BCUT2D eigenvalue weighted by molar-refractivity contribution is -0.154. The molecule has 0 saturated carbocycles. The van der Waals surface area contributed by atoms with Crippen molar-refractivity contribution in [2.45, 2.75) is 32.7 Å². The molecule has 0 aromatic heterocycles. The maximum absolute atomic E-state index is 11.6. The Labute approximate surface area is 102 Å². The number of carbonyl (C=O) groups excluding carboxylic acids is 2. The molecular weight excluding hydrogens is 222 g/mol. The van der Waals surface area contributed by atoms with Crippen molar-refractivity contribution >= 4 is 11.9 Å². The second-order valence-electron chi connectivity index (χ2n) is 4.29. The molecule has 5 nitrogen and oxygen atoms in total. The van der Waals surface area contributed by atoms with Crippen LogP contribution in [0.25, 0.3) is 0 Å². The molecule has 0 aliphatic carbocycles. The number of nitrogens with zero attached hydrogens (tertiary/aromatic N) is 1. The third kappa shape index (κ3) is 3.70. The molecule has 0 aromatic carbocycles. The highest BCUT2D eigenvalue weighted by Gasteiger charge is 2.31. The second-order valence-corrected chi connectivity index (χ2v) is 4.29. The Morgan fingerprint density at radius 3 is 2.76 bits per heavy atom. The first-order valence-electron chi connectivity index (χ1n) is 6.08. The quantitative estimate of drug-likeness (QED) is 0.684. The third-order valence-corrected chi connectivity index (χ3v) is 3.16. The van der Waals surface area contributed by atoms with Gasteiger partial charge in [0.15, 0.2) is 0 Å². The molecule has 1 aliphatic heterocycles. The van der Waals surface area contributed by atoms with Gasteiger partial charge in [-0.1, -0.05) is 0 Å². The number of hydrogen-bond acceptors (Lipinski definition) is 5. The van der Waals surface area contributed by atoms with E-state index in [2.05, 4.69) is 0 Å². The third-order valence-electron chi connectivity index (χ3n) is 3.16. The Morgan fingerprint density at radius 1 is 1.47 bits per heavy atom. The predicted octanol–water partition coefficient (Wildman–Crippen LogP) is 0.823. The molecule has 1 aliphatic rings. The van der Waals surface area contributed by atoms with Crippen molar-refractivity contribution in [2.75, 3.05) is 26.8 Å². The van der Waals surface area contributed by atoms with Crippen molar-refractivity contribution < 1.29 is 19.1 Å². The summed E-state index contributed by atoms with van der Waals surface area (Å²) in [6, 6.07) is -0.294. The summed E-state index contributed by atoms with van der Waals surface area (Å²) < 4.78 is 9.73. The molecule has 2 atom stereocenters. The Bertz CT molecular complexity index is 280. The van der Waals surface area contributed by atoms with Gasteiger partial charge in [0.25, 0.3) is 0 Å². The summed E-state index contributed by atoms with van der Waals surface area (Å²) in [5.74, 6) is -0.528. The summed E-state index contributed by atoms with van der Waals surface area (Å²) in [5.41, 5.74) is 0. The van der Waals surface area contributed by atoms with Crippen LogP contribution in [0, 0.1) is 5.92 Å². The molecule has 0 radical (unpaired) electrons. The van der Waals surface area contributed by atoms with Crippen LogP contribution in [-0.2, 0) is 19.1 Å². The van der Waals surface area contributed by atoms with Crippen molar-refractivity contribution in [3.05, 3.63) is 0 Å². The first kappa shape index (κ1) is 14.0. The van der Waals surface area contributed by atoms with Crippen molar-refractivity contribution in [2.24, 2.45) is 5.92 Å². The smallest absolute Gasteiger partial charge is 0.322 e. The highest BCUT2D eigenvalue weighted by atomic mass is 16.5. The van der Waals surface area contributed by atoms with E-state index in [0.717, 1.165) is 19.4 Å². The zero-order chi connectivity index (χ0) is 12.8. The fourth-order valence-corrected chi connectivity index (χ4v) is 2.13. The standard InChI is InChI=1S/C12H21NO4/c1-4-17-12(15)10-6-5-7-13(8-10)9(2)11(14)16-3/h9-10H,4-8H2,1-3H3. The van der Waals surface area contributed by atoms with Gasteiger partial charge in [-0.2, -0.15) is 0 Å². The van der Waals surface area contributed by atoms with Crippen LogP contribution >= 0.6 is 0 Å². The molecular formula is C12H21NO4. The van der Waals surface area contributed by atoms with Crippen molar-refractivity contribution in [3.8, 4) is 0 Å². The van der Waals surface area contributed by atoms with Gasteiger partial charge in [0.05, 0.1) is 19.6 Å². The normalized spacial score (nSPS) is 22.9. The van der Waals surface area contributed by atoms with Crippen LogP contribution in [0.4, 0.5) is 0 Å². The van der Waals surface area contributed by atoms with E-state index in [1.54, 1.807) is 13.8 Å². The average molecular weight is 243 g/mol. The van der Waals surface area contributed by atoms with E-state index in [1.807, 2.05) is 4.90 Å². The number of likely N-dealkylation sites (tertiary alicyclic amines) is 1. The van der Waals surface area contributed by atoms with Gasteiger partial charge in [0.2, 0.25) is 0 Å². The molecule has 0 aromatic rings. The number of ether oxygens (including phenoxy) is 2. The molecule has 0 N–H and O–H groups in total. The fraction of sp³-hybridized carbons (Fsp3) is 0.833. The van der Waals surface area contributed by atoms with Crippen LogP contribution in [0.15, 0.2) is 0 Å². The summed E-state index contributed by atoms with van der Waals surface area (Å²) in [6.07, 6.45) is 1.74.